The van der Waals surface area contributed by atoms with E-state index in [4.69, 9.17) is 14.7 Å². The Morgan fingerprint density at radius 2 is 1.77 bits per heavy atom. The molecule has 1 aromatic carbocycles. The number of aromatic nitrogens is 3. The van der Waals surface area contributed by atoms with Gasteiger partial charge in [-0.05, 0) is 56.2 Å². The molecule has 7 heteroatoms. The molecule has 5 rings (SSSR count). The number of morpholine rings is 1. The summed E-state index contributed by atoms with van der Waals surface area (Å²) in [7, 11) is 0. The van der Waals surface area contributed by atoms with Crippen LogP contribution in [0.1, 0.15) is 25.5 Å². The van der Waals surface area contributed by atoms with Crippen LogP contribution in [0.2, 0.25) is 0 Å². The third-order valence-corrected chi connectivity index (χ3v) is 7.22. The van der Waals surface area contributed by atoms with Crippen molar-refractivity contribution in [3.05, 3.63) is 60.6 Å². The average Bonchev–Trinajstić information content (AvgIpc) is 3.61. The maximum Gasteiger partial charge on any atom is 0.161 e. The molecule has 1 N–H and O–H groups in total. The van der Waals surface area contributed by atoms with Gasteiger partial charge < -0.3 is 15.0 Å². The van der Waals surface area contributed by atoms with E-state index in [9.17, 15) is 0 Å². The van der Waals surface area contributed by atoms with Crippen LogP contribution >= 0.6 is 11.8 Å². The van der Waals surface area contributed by atoms with Crippen LogP contribution in [-0.2, 0) is 9.48 Å². The summed E-state index contributed by atoms with van der Waals surface area (Å²) in [5.74, 6) is 1.80. The number of nitrogens with one attached hydrogen (secondary N) is 1. The number of anilines is 2. The molecule has 0 bridgehead atoms. The Balaban J connectivity index is 1.52. The van der Waals surface area contributed by atoms with Gasteiger partial charge >= 0.3 is 0 Å². The minimum absolute atomic E-state index is 0.0176. The second kappa shape index (κ2) is 8.85. The molecule has 2 fully saturated rings. The Bertz CT molecular complexity index is 1020. The molecule has 31 heavy (non-hydrogen) atoms. The lowest BCUT2D eigenvalue weighted by Gasteiger charge is -2.29. The number of thioether (sulfide) groups is 1. The minimum atomic E-state index is 0.0176. The molecular weight excluding hydrogens is 406 g/mol. The topological polar surface area (TPSA) is 63.2 Å². The first-order valence-electron chi connectivity index (χ1n) is 10.9. The quantitative estimate of drug-likeness (QED) is 0.585. The second-order valence-electron chi connectivity index (χ2n) is 7.92. The van der Waals surface area contributed by atoms with Crippen LogP contribution in [0.5, 0.6) is 0 Å². The van der Waals surface area contributed by atoms with Crippen molar-refractivity contribution in [2.75, 3.05) is 43.1 Å². The Labute approximate surface area is 187 Å². The van der Waals surface area contributed by atoms with Crippen molar-refractivity contribution >= 4 is 23.3 Å². The van der Waals surface area contributed by atoms with Crippen molar-refractivity contribution in [3.8, 4) is 11.4 Å². The Morgan fingerprint density at radius 3 is 2.45 bits per heavy atom. The molecule has 1 aliphatic carbocycles. The molecule has 1 saturated carbocycles. The van der Waals surface area contributed by atoms with Crippen LogP contribution in [0.15, 0.2) is 59.8 Å². The molecule has 2 aromatic heterocycles. The van der Waals surface area contributed by atoms with E-state index in [-0.39, 0.29) is 4.75 Å². The second-order valence-corrected chi connectivity index (χ2v) is 9.38. The van der Waals surface area contributed by atoms with Gasteiger partial charge in [0.2, 0.25) is 0 Å². The SMILES string of the molecule is CCNc1ccc(-c2nc(N3CCOCC3)cc(C3(Sc4ccncc4)CC3)n2)cc1. The van der Waals surface area contributed by atoms with Gasteiger partial charge in [-0.2, -0.15) is 0 Å². The van der Waals surface area contributed by atoms with Crippen molar-refractivity contribution in [2.24, 2.45) is 0 Å². The lowest BCUT2D eigenvalue weighted by molar-refractivity contribution is 0.122. The summed E-state index contributed by atoms with van der Waals surface area (Å²) in [6.45, 7) is 6.21. The molecule has 6 nitrogen and oxygen atoms in total. The van der Waals surface area contributed by atoms with Crippen molar-refractivity contribution < 1.29 is 4.74 Å². The third-order valence-electron chi connectivity index (χ3n) is 5.71. The first kappa shape index (κ1) is 20.3. The van der Waals surface area contributed by atoms with Crippen LogP contribution in [0.25, 0.3) is 11.4 Å². The molecule has 1 saturated heterocycles. The summed E-state index contributed by atoms with van der Waals surface area (Å²) < 4.78 is 5.58. The summed E-state index contributed by atoms with van der Waals surface area (Å²) in [5.41, 5.74) is 3.28. The first-order chi connectivity index (χ1) is 15.3. The van der Waals surface area contributed by atoms with Gasteiger partial charge in [-0.15, -0.1) is 11.8 Å². The zero-order valence-corrected chi connectivity index (χ0v) is 18.6. The maximum atomic E-state index is 5.56. The zero-order valence-electron chi connectivity index (χ0n) is 17.8. The van der Waals surface area contributed by atoms with Crippen molar-refractivity contribution in [1.29, 1.82) is 0 Å². The lowest BCUT2D eigenvalue weighted by Crippen LogP contribution is -2.37. The van der Waals surface area contributed by atoms with Crippen LogP contribution in [0.3, 0.4) is 0 Å². The molecule has 0 unspecified atom stereocenters. The van der Waals surface area contributed by atoms with E-state index in [0.717, 1.165) is 74.3 Å². The van der Waals surface area contributed by atoms with Crippen LogP contribution in [0, 0.1) is 0 Å². The number of nitrogens with zero attached hydrogens (tertiary/aromatic N) is 4. The Kier molecular flexibility index (Phi) is 5.78. The highest BCUT2D eigenvalue weighted by molar-refractivity contribution is 8.00. The fourth-order valence-corrected chi connectivity index (χ4v) is 5.07. The Morgan fingerprint density at radius 1 is 1.03 bits per heavy atom. The highest BCUT2D eigenvalue weighted by Crippen LogP contribution is 2.59. The van der Waals surface area contributed by atoms with Crippen LogP contribution < -0.4 is 10.2 Å². The van der Waals surface area contributed by atoms with E-state index in [1.54, 1.807) is 0 Å². The predicted octanol–water partition coefficient (Wildman–Crippen LogP) is 4.59. The van der Waals surface area contributed by atoms with Gasteiger partial charge in [0.15, 0.2) is 5.82 Å². The predicted molar refractivity (Wildman–Crippen MR) is 126 cm³/mol. The molecule has 0 atom stereocenters. The molecule has 160 valence electrons. The minimum Gasteiger partial charge on any atom is -0.385 e. The van der Waals surface area contributed by atoms with Crippen LogP contribution in [0.4, 0.5) is 11.5 Å². The smallest absolute Gasteiger partial charge is 0.161 e. The van der Waals surface area contributed by atoms with E-state index < -0.39 is 0 Å². The van der Waals surface area contributed by atoms with Crippen molar-refractivity contribution in [2.45, 2.75) is 29.4 Å². The zero-order chi connectivity index (χ0) is 21.1. The first-order valence-corrected chi connectivity index (χ1v) is 11.7. The monoisotopic (exact) mass is 433 g/mol. The van der Waals surface area contributed by atoms with Crippen molar-refractivity contribution in [1.82, 2.24) is 15.0 Å². The molecular formula is C24H27N5OS. The summed E-state index contributed by atoms with van der Waals surface area (Å²) in [4.78, 5) is 17.8. The number of hydrogen-bond donors (Lipinski definition) is 1. The van der Waals surface area contributed by atoms with Crippen molar-refractivity contribution in [3.63, 3.8) is 0 Å². The summed E-state index contributed by atoms with van der Waals surface area (Å²) in [5, 5.41) is 3.35. The summed E-state index contributed by atoms with van der Waals surface area (Å²) in [6.07, 6.45) is 5.96. The van der Waals surface area contributed by atoms with E-state index in [1.807, 2.05) is 24.2 Å². The van der Waals surface area contributed by atoms with Gasteiger partial charge in [-0.3, -0.25) is 4.98 Å². The standard InChI is InChI=1S/C24H27N5OS/c1-2-26-19-5-3-18(4-6-19)23-27-21(17-22(28-23)29-13-15-30-16-14-29)24(9-10-24)31-20-7-11-25-12-8-20/h3-8,11-12,17,26H,2,9-10,13-16H2,1H3. The average molecular weight is 434 g/mol. The number of benzene rings is 1. The highest BCUT2D eigenvalue weighted by atomic mass is 32.2. The molecule has 0 radical (unpaired) electrons. The molecule has 0 spiro atoms. The molecule has 1 aliphatic heterocycles. The fraction of sp³-hybridized carbons (Fsp3) is 0.375. The van der Waals surface area contributed by atoms with E-state index in [2.05, 4.69) is 64.6 Å². The van der Waals surface area contributed by atoms with E-state index in [0.29, 0.717) is 0 Å². The van der Waals surface area contributed by atoms with Gasteiger partial charge in [0, 0.05) is 54.2 Å². The molecule has 2 aliphatic rings. The summed E-state index contributed by atoms with van der Waals surface area (Å²) in [6, 6.07) is 14.8. The third kappa shape index (κ3) is 4.52. The van der Waals surface area contributed by atoms with Gasteiger partial charge in [0.1, 0.15) is 5.82 Å². The van der Waals surface area contributed by atoms with Gasteiger partial charge in [-0.25, -0.2) is 9.97 Å². The fourth-order valence-electron chi connectivity index (χ4n) is 3.85. The molecule has 0 amide bonds. The van der Waals surface area contributed by atoms with Gasteiger partial charge in [-0.1, -0.05) is 0 Å². The highest BCUT2D eigenvalue weighted by Gasteiger charge is 2.47. The maximum absolute atomic E-state index is 5.56. The number of hydrogen-bond acceptors (Lipinski definition) is 7. The number of pyridine rings is 1. The summed E-state index contributed by atoms with van der Waals surface area (Å²) >= 11 is 1.89. The van der Waals surface area contributed by atoms with Gasteiger partial charge in [0.05, 0.1) is 23.7 Å². The normalized spacial score (nSPS) is 17.4. The number of rotatable bonds is 7. The van der Waals surface area contributed by atoms with Gasteiger partial charge in [0.25, 0.3) is 0 Å². The Hall–Kier alpha value is -2.64. The molecule has 3 aromatic rings. The van der Waals surface area contributed by atoms with E-state index >= 15 is 0 Å². The lowest BCUT2D eigenvalue weighted by atomic mass is 10.1. The largest absolute Gasteiger partial charge is 0.385 e. The molecule has 3 heterocycles. The number of ether oxygens (including phenoxy) is 1. The van der Waals surface area contributed by atoms with E-state index in [1.165, 1.54) is 4.90 Å². The van der Waals surface area contributed by atoms with Crippen LogP contribution in [-0.4, -0.2) is 47.8 Å².